The third-order valence-corrected chi connectivity index (χ3v) is 2.38. The van der Waals surface area contributed by atoms with Crippen molar-refractivity contribution in [2.45, 2.75) is 13.0 Å². The van der Waals surface area contributed by atoms with Crippen LogP contribution in [-0.2, 0) is 11.3 Å². The number of nitrogens with two attached hydrogens (primary N) is 1. The summed E-state index contributed by atoms with van der Waals surface area (Å²) in [7, 11) is 1.67. The van der Waals surface area contributed by atoms with Crippen LogP contribution in [0.1, 0.15) is 12.1 Å². The Balaban J connectivity index is 2.55. The highest BCUT2D eigenvalue weighted by atomic mass is 16.5. The molecule has 0 aliphatic rings. The van der Waals surface area contributed by atoms with Gasteiger partial charge in [0.2, 0.25) is 0 Å². The first-order valence-corrected chi connectivity index (χ1v) is 5.55. The molecule has 0 aliphatic carbocycles. The minimum absolute atomic E-state index is 0.506. The summed E-state index contributed by atoms with van der Waals surface area (Å²) in [4.78, 5) is 6.38. The smallest absolute Gasteiger partial charge is 0.0635 e. The Morgan fingerprint density at radius 1 is 1.53 bits per heavy atom. The second kappa shape index (κ2) is 7.60. The Bertz CT molecular complexity index is 375. The Labute approximate surface area is 102 Å². The number of nitrogens with zero attached hydrogens (tertiary/aromatic N) is 3. The average molecular weight is 234 g/mol. The summed E-state index contributed by atoms with van der Waals surface area (Å²) in [6, 6.07) is 5.76. The molecule has 0 atom stereocenters. The van der Waals surface area contributed by atoms with Gasteiger partial charge in [0.15, 0.2) is 0 Å². The number of nitriles is 1. The van der Waals surface area contributed by atoms with Gasteiger partial charge >= 0.3 is 0 Å². The fourth-order valence-electron chi connectivity index (χ4n) is 1.51. The standard InChI is InChI=1S/C12H18N4O/c1-17-8-7-16(6-2-4-13)10-12-9-11(14)3-5-15-12/h3,5,9H,2,6-8,10H2,1H3,(H2,14,15). The first-order valence-electron chi connectivity index (χ1n) is 5.55. The van der Waals surface area contributed by atoms with E-state index in [1.54, 1.807) is 19.4 Å². The summed E-state index contributed by atoms with van der Waals surface area (Å²) < 4.78 is 5.04. The van der Waals surface area contributed by atoms with Crippen LogP contribution in [-0.4, -0.2) is 36.7 Å². The van der Waals surface area contributed by atoms with Gasteiger partial charge in [-0.25, -0.2) is 0 Å². The van der Waals surface area contributed by atoms with Gasteiger partial charge in [0.1, 0.15) is 0 Å². The van der Waals surface area contributed by atoms with Gasteiger partial charge in [-0.2, -0.15) is 5.26 Å². The minimum Gasteiger partial charge on any atom is -0.399 e. The van der Waals surface area contributed by atoms with E-state index in [2.05, 4.69) is 16.0 Å². The molecule has 1 aromatic rings. The lowest BCUT2D eigenvalue weighted by molar-refractivity contribution is 0.144. The van der Waals surface area contributed by atoms with Gasteiger partial charge < -0.3 is 10.5 Å². The number of methoxy groups -OCH3 is 1. The van der Waals surface area contributed by atoms with Gasteiger partial charge in [0, 0.05) is 45.0 Å². The molecular weight excluding hydrogens is 216 g/mol. The molecule has 0 saturated carbocycles. The van der Waals surface area contributed by atoms with E-state index in [0.29, 0.717) is 25.3 Å². The van der Waals surface area contributed by atoms with E-state index >= 15 is 0 Å². The van der Waals surface area contributed by atoms with Crippen molar-refractivity contribution >= 4 is 5.69 Å². The Hall–Kier alpha value is -1.64. The van der Waals surface area contributed by atoms with Gasteiger partial charge in [0.05, 0.1) is 18.4 Å². The molecule has 5 heteroatoms. The van der Waals surface area contributed by atoms with Crippen LogP contribution in [0.5, 0.6) is 0 Å². The summed E-state index contributed by atoms with van der Waals surface area (Å²) in [5, 5.41) is 8.61. The second-order valence-electron chi connectivity index (χ2n) is 3.76. The Morgan fingerprint density at radius 3 is 3.00 bits per heavy atom. The fraction of sp³-hybridized carbons (Fsp3) is 0.500. The van der Waals surface area contributed by atoms with Gasteiger partial charge in [-0.05, 0) is 12.1 Å². The zero-order chi connectivity index (χ0) is 12.5. The number of hydrogen-bond donors (Lipinski definition) is 1. The topological polar surface area (TPSA) is 75.2 Å². The molecule has 1 heterocycles. The maximum atomic E-state index is 8.61. The first-order chi connectivity index (χ1) is 8.26. The highest BCUT2D eigenvalue weighted by Gasteiger charge is 2.06. The third kappa shape index (κ3) is 5.29. The van der Waals surface area contributed by atoms with E-state index in [1.165, 1.54) is 0 Å². The van der Waals surface area contributed by atoms with Crippen LogP contribution in [0.25, 0.3) is 0 Å². The van der Waals surface area contributed by atoms with Crippen molar-refractivity contribution in [3.63, 3.8) is 0 Å². The number of rotatable bonds is 7. The van der Waals surface area contributed by atoms with Crippen molar-refractivity contribution in [2.75, 3.05) is 32.5 Å². The van der Waals surface area contributed by atoms with Gasteiger partial charge in [-0.1, -0.05) is 0 Å². The van der Waals surface area contributed by atoms with Crippen molar-refractivity contribution in [3.05, 3.63) is 24.0 Å². The van der Waals surface area contributed by atoms with Crippen LogP contribution in [0, 0.1) is 11.3 Å². The zero-order valence-electron chi connectivity index (χ0n) is 10.1. The predicted octanol–water partition coefficient (Wildman–Crippen LogP) is 1.03. The van der Waals surface area contributed by atoms with Gasteiger partial charge in [-0.3, -0.25) is 9.88 Å². The molecule has 1 aromatic heterocycles. The van der Waals surface area contributed by atoms with Gasteiger partial charge in [0.25, 0.3) is 0 Å². The molecule has 0 amide bonds. The minimum atomic E-state index is 0.506. The maximum Gasteiger partial charge on any atom is 0.0635 e. The quantitative estimate of drug-likeness (QED) is 0.762. The van der Waals surface area contributed by atoms with Gasteiger partial charge in [-0.15, -0.1) is 0 Å². The van der Waals surface area contributed by atoms with Crippen molar-refractivity contribution in [1.29, 1.82) is 5.26 Å². The third-order valence-electron chi connectivity index (χ3n) is 2.38. The molecule has 0 radical (unpaired) electrons. The summed E-state index contributed by atoms with van der Waals surface area (Å²) in [5.41, 5.74) is 7.32. The van der Waals surface area contributed by atoms with Crippen LogP contribution in [0.2, 0.25) is 0 Å². The molecule has 0 fully saturated rings. The van der Waals surface area contributed by atoms with E-state index < -0.39 is 0 Å². The molecule has 1 rings (SSSR count). The lowest BCUT2D eigenvalue weighted by Gasteiger charge is -2.20. The number of hydrogen-bond acceptors (Lipinski definition) is 5. The SMILES string of the molecule is COCCN(CCC#N)Cc1cc(N)ccn1. The van der Waals surface area contributed by atoms with Crippen LogP contribution >= 0.6 is 0 Å². The van der Waals surface area contributed by atoms with Crippen LogP contribution in [0.4, 0.5) is 5.69 Å². The zero-order valence-corrected chi connectivity index (χ0v) is 10.1. The average Bonchev–Trinajstić information content (AvgIpc) is 2.32. The monoisotopic (exact) mass is 234 g/mol. The molecule has 92 valence electrons. The number of aromatic nitrogens is 1. The molecule has 0 aromatic carbocycles. The molecule has 2 N–H and O–H groups in total. The second-order valence-corrected chi connectivity index (χ2v) is 3.76. The summed E-state index contributed by atoms with van der Waals surface area (Å²) in [6.45, 7) is 2.84. The fourth-order valence-corrected chi connectivity index (χ4v) is 1.51. The van der Waals surface area contributed by atoms with E-state index in [0.717, 1.165) is 18.8 Å². The van der Waals surface area contributed by atoms with Crippen LogP contribution in [0.3, 0.4) is 0 Å². The molecule has 0 aliphatic heterocycles. The molecular formula is C12H18N4O. The number of pyridine rings is 1. The summed E-state index contributed by atoms with van der Waals surface area (Å²) in [5.74, 6) is 0. The van der Waals surface area contributed by atoms with E-state index in [-0.39, 0.29) is 0 Å². The van der Waals surface area contributed by atoms with E-state index in [9.17, 15) is 0 Å². The number of anilines is 1. The maximum absolute atomic E-state index is 8.61. The largest absolute Gasteiger partial charge is 0.399 e. The van der Waals surface area contributed by atoms with Crippen LogP contribution in [0.15, 0.2) is 18.3 Å². The lowest BCUT2D eigenvalue weighted by Crippen LogP contribution is -2.28. The number of nitrogen functional groups attached to an aromatic ring is 1. The van der Waals surface area contributed by atoms with E-state index in [1.807, 2.05) is 6.07 Å². The highest BCUT2D eigenvalue weighted by Crippen LogP contribution is 2.06. The molecule has 0 saturated heterocycles. The van der Waals surface area contributed by atoms with Crippen molar-refractivity contribution in [1.82, 2.24) is 9.88 Å². The highest BCUT2D eigenvalue weighted by molar-refractivity contribution is 5.37. The summed E-state index contributed by atoms with van der Waals surface area (Å²) in [6.07, 6.45) is 2.20. The Kier molecular flexibility index (Phi) is 6.00. The number of ether oxygens (including phenoxy) is 1. The normalized spacial score (nSPS) is 10.4. The molecule has 17 heavy (non-hydrogen) atoms. The first kappa shape index (κ1) is 13.4. The van der Waals surface area contributed by atoms with Crippen molar-refractivity contribution in [2.24, 2.45) is 0 Å². The van der Waals surface area contributed by atoms with Crippen LogP contribution < -0.4 is 5.73 Å². The van der Waals surface area contributed by atoms with E-state index in [4.69, 9.17) is 15.7 Å². The molecule has 5 nitrogen and oxygen atoms in total. The summed E-state index contributed by atoms with van der Waals surface area (Å²) >= 11 is 0. The predicted molar refractivity (Wildman–Crippen MR) is 66.0 cm³/mol. The van der Waals surface area contributed by atoms with Crippen molar-refractivity contribution in [3.8, 4) is 6.07 Å². The molecule has 0 unspecified atom stereocenters. The van der Waals surface area contributed by atoms with Crippen molar-refractivity contribution < 1.29 is 4.74 Å². The lowest BCUT2D eigenvalue weighted by atomic mass is 10.3. The Morgan fingerprint density at radius 2 is 2.35 bits per heavy atom. The molecule has 0 bridgehead atoms. The molecule has 0 spiro atoms.